The van der Waals surface area contributed by atoms with Crippen molar-refractivity contribution in [1.29, 1.82) is 0 Å². The highest BCUT2D eigenvalue weighted by Gasteiger charge is 2.40. The van der Waals surface area contributed by atoms with Gasteiger partial charge in [0.05, 0.1) is 11.6 Å². The number of carboxylic acid groups (broad SMARTS) is 1. The van der Waals surface area contributed by atoms with Crippen LogP contribution in [-0.4, -0.2) is 5.97 Å². The Morgan fingerprint density at radius 3 is 2.43 bits per heavy atom. The van der Waals surface area contributed by atoms with Crippen LogP contribution < -0.4 is 10.4 Å². The Bertz CT molecular complexity index is 986. The highest BCUT2D eigenvalue weighted by Crippen LogP contribution is 2.46. The average Bonchev–Trinajstić information content (AvgIpc) is 3.23. The minimum atomic E-state index is -1.19. The van der Waals surface area contributed by atoms with Gasteiger partial charge in [0.2, 0.25) is 0 Å². The van der Waals surface area contributed by atoms with Gasteiger partial charge in [0.1, 0.15) is 5.76 Å². The van der Waals surface area contributed by atoms with Crippen molar-refractivity contribution in [1.82, 2.24) is 0 Å². The van der Waals surface area contributed by atoms with Gasteiger partial charge in [0, 0.05) is 16.8 Å². The number of carbonyl (C=O) groups excluding carboxylic acids is 1. The van der Waals surface area contributed by atoms with Gasteiger partial charge in [0.15, 0.2) is 12.0 Å². The molecule has 0 spiro atoms. The standard InChI is InChI=1S/C23H23NO4/c1-3-23(4-2)17-7-5-6-8-18(17)24-21(28-23)20-14-13-19(27-20)15-9-11-16(12-10-15)22(25)26/h5-14,21,24H,3-4H2,1-2H3,(H,25,26)/p-1/t21-/m0/s1. The van der Waals surface area contributed by atoms with E-state index in [4.69, 9.17) is 9.15 Å². The number of furan rings is 1. The summed E-state index contributed by atoms with van der Waals surface area (Å²) in [5.74, 6) is 0.142. The smallest absolute Gasteiger partial charge is 0.187 e. The van der Waals surface area contributed by atoms with E-state index in [-0.39, 0.29) is 11.2 Å². The van der Waals surface area contributed by atoms with Gasteiger partial charge in [-0.15, -0.1) is 0 Å². The summed E-state index contributed by atoms with van der Waals surface area (Å²) in [4.78, 5) is 10.9. The summed E-state index contributed by atoms with van der Waals surface area (Å²) in [6, 6.07) is 18.4. The van der Waals surface area contributed by atoms with Gasteiger partial charge in [-0.1, -0.05) is 56.3 Å². The van der Waals surface area contributed by atoms with E-state index in [9.17, 15) is 9.90 Å². The van der Waals surface area contributed by atoms with E-state index < -0.39 is 12.2 Å². The van der Waals surface area contributed by atoms with Crippen molar-refractivity contribution in [2.75, 3.05) is 5.32 Å². The van der Waals surface area contributed by atoms with Gasteiger partial charge >= 0.3 is 0 Å². The fourth-order valence-corrected chi connectivity index (χ4v) is 3.81. The number of para-hydroxylation sites is 1. The van der Waals surface area contributed by atoms with Crippen molar-refractivity contribution < 1.29 is 19.1 Å². The number of hydrogen-bond donors (Lipinski definition) is 1. The molecule has 1 aromatic heterocycles. The number of benzene rings is 2. The zero-order chi connectivity index (χ0) is 19.7. The molecule has 0 saturated heterocycles. The Morgan fingerprint density at radius 1 is 1.04 bits per heavy atom. The van der Waals surface area contributed by atoms with Gasteiger partial charge in [-0.25, -0.2) is 0 Å². The Hall–Kier alpha value is -3.05. The highest BCUT2D eigenvalue weighted by atomic mass is 16.5. The summed E-state index contributed by atoms with van der Waals surface area (Å²) in [6.45, 7) is 4.27. The molecule has 1 aliphatic rings. The lowest BCUT2D eigenvalue weighted by Crippen LogP contribution is -2.37. The van der Waals surface area contributed by atoms with Crippen LogP contribution in [-0.2, 0) is 10.3 Å². The number of ether oxygens (including phenoxy) is 1. The monoisotopic (exact) mass is 376 g/mol. The quantitative estimate of drug-likeness (QED) is 0.711. The maximum Gasteiger partial charge on any atom is 0.187 e. The highest BCUT2D eigenvalue weighted by molar-refractivity contribution is 5.86. The second-order valence-electron chi connectivity index (χ2n) is 6.96. The summed E-state index contributed by atoms with van der Waals surface area (Å²) in [5, 5.41) is 14.3. The third-order valence-corrected chi connectivity index (χ3v) is 5.48. The molecule has 0 fully saturated rings. The van der Waals surface area contributed by atoms with Crippen LogP contribution in [0.3, 0.4) is 0 Å². The van der Waals surface area contributed by atoms with Gasteiger partial charge < -0.3 is 24.4 Å². The zero-order valence-electron chi connectivity index (χ0n) is 15.9. The first-order valence-electron chi connectivity index (χ1n) is 9.51. The molecule has 3 aromatic rings. The van der Waals surface area contributed by atoms with E-state index in [1.54, 1.807) is 12.1 Å². The fraction of sp³-hybridized carbons (Fsp3) is 0.261. The Balaban J connectivity index is 1.65. The third-order valence-electron chi connectivity index (χ3n) is 5.48. The Labute approximate surface area is 164 Å². The fourth-order valence-electron chi connectivity index (χ4n) is 3.81. The molecule has 1 aliphatic heterocycles. The normalized spacial score (nSPS) is 17.6. The number of aromatic carboxylic acids is 1. The average molecular weight is 376 g/mol. The molecule has 2 heterocycles. The van der Waals surface area contributed by atoms with Gasteiger partial charge in [-0.2, -0.15) is 0 Å². The van der Waals surface area contributed by atoms with Gasteiger partial charge in [0.25, 0.3) is 0 Å². The first kappa shape index (κ1) is 18.3. The van der Waals surface area contributed by atoms with Crippen molar-refractivity contribution in [3.05, 3.63) is 77.6 Å². The predicted octanol–water partition coefficient (Wildman–Crippen LogP) is 4.47. The molecule has 0 bridgehead atoms. The van der Waals surface area contributed by atoms with Gasteiger partial charge in [-0.05, 0) is 36.6 Å². The van der Waals surface area contributed by atoms with E-state index in [2.05, 4.69) is 31.3 Å². The molecule has 144 valence electrons. The summed E-state index contributed by atoms with van der Waals surface area (Å²) < 4.78 is 12.6. The van der Waals surface area contributed by atoms with Crippen LogP contribution in [0.2, 0.25) is 0 Å². The molecule has 5 heteroatoms. The largest absolute Gasteiger partial charge is 0.545 e. The van der Waals surface area contributed by atoms with Crippen molar-refractivity contribution in [2.45, 2.75) is 38.5 Å². The number of fused-ring (bicyclic) bond motifs is 1. The molecule has 28 heavy (non-hydrogen) atoms. The van der Waals surface area contributed by atoms with E-state index in [0.29, 0.717) is 11.5 Å². The molecule has 4 rings (SSSR count). The molecule has 0 aliphatic carbocycles. The Kier molecular flexibility index (Phi) is 4.69. The lowest BCUT2D eigenvalue weighted by atomic mass is 9.85. The minimum Gasteiger partial charge on any atom is -0.545 e. The van der Waals surface area contributed by atoms with Crippen LogP contribution in [0.15, 0.2) is 65.1 Å². The lowest BCUT2D eigenvalue weighted by Gasteiger charge is -2.42. The second kappa shape index (κ2) is 7.17. The molecule has 5 nitrogen and oxygen atoms in total. The summed E-state index contributed by atoms with van der Waals surface area (Å²) in [6.07, 6.45) is 1.32. The van der Waals surface area contributed by atoms with Crippen molar-refractivity contribution >= 4 is 11.7 Å². The molecule has 0 radical (unpaired) electrons. The van der Waals surface area contributed by atoms with E-state index >= 15 is 0 Å². The van der Waals surface area contributed by atoms with E-state index in [0.717, 1.165) is 24.1 Å². The maximum absolute atomic E-state index is 10.9. The van der Waals surface area contributed by atoms with Crippen molar-refractivity contribution in [3.8, 4) is 11.3 Å². The van der Waals surface area contributed by atoms with E-state index in [1.807, 2.05) is 24.3 Å². The van der Waals surface area contributed by atoms with Crippen LogP contribution in [0.1, 0.15) is 54.6 Å². The lowest BCUT2D eigenvalue weighted by molar-refractivity contribution is -0.255. The van der Waals surface area contributed by atoms with Crippen LogP contribution >= 0.6 is 0 Å². The molecule has 2 aromatic carbocycles. The number of anilines is 1. The van der Waals surface area contributed by atoms with Gasteiger partial charge in [-0.3, -0.25) is 0 Å². The van der Waals surface area contributed by atoms with Crippen molar-refractivity contribution in [2.24, 2.45) is 0 Å². The molecule has 0 unspecified atom stereocenters. The summed E-state index contributed by atoms with van der Waals surface area (Å²) in [7, 11) is 0. The van der Waals surface area contributed by atoms with Crippen molar-refractivity contribution in [3.63, 3.8) is 0 Å². The predicted molar refractivity (Wildman–Crippen MR) is 105 cm³/mol. The van der Waals surface area contributed by atoms with Crippen LogP contribution in [0.5, 0.6) is 0 Å². The molecule has 0 amide bonds. The first-order chi connectivity index (χ1) is 13.6. The number of carbonyl (C=O) groups is 1. The minimum absolute atomic E-state index is 0.139. The topological polar surface area (TPSA) is 74.5 Å². The molecule has 1 atom stereocenters. The first-order valence-corrected chi connectivity index (χ1v) is 9.51. The summed E-state index contributed by atoms with van der Waals surface area (Å²) >= 11 is 0. The SMILES string of the molecule is CCC1(CC)O[C@@H](c2ccc(-c3ccc(C(=O)[O-])cc3)o2)Nc2ccccc21. The molecular weight excluding hydrogens is 354 g/mol. The van der Waals surface area contributed by atoms with Crippen LogP contribution in [0.25, 0.3) is 11.3 Å². The number of hydrogen-bond acceptors (Lipinski definition) is 5. The maximum atomic E-state index is 10.9. The second-order valence-corrected chi connectivity index (χ2v) is 6.96. The number of nitrogens with one attached hydrogen (secondary N) is 1. The van der Waals surface area contributed by atoms with E-state index in [1.165, 1.54) is 17.7 Å². The third kappa shape index (κ3) is 3.08. The van der Waals surface area contributed by atoms with Crippen LogP contribution in [0.4, 0.5) is 5.69 Å². The molecule has 1 N–H and O–H groups in total. The zero-order valence-corrected chi connectivity index (χ0v) is 15.9. The molecule has 0 saturated carbocycles. The number of rotatable bonds is 5. The Morgan fingerprint density at radius 2 is 1.75 bits per heavy atom. The molecular formula is C23H22NO4-. The summed E-state index contributed by atoms with van der Waals surface area (Å²) in [5.41, 5.74) is 2.79. The number of carboxylic acids is 1. The van der Waals surface area contributed by atoms with Crippen LogP contribution in [0, 0.1) is 0 Å².